The van der Waals surface area contributed by atoms with E-state index >= 15 is 0 Å². The Morgan fingerprint density at radius 3 is 2.55 bits per heavy atom. The highest BCUT2D eigenvalue weighted by molar-refractivity contribution is 7.20. The second-order valence-electron chi connectivity index (χ2n) is 8.12. The van der Waals surface area contributed by atoms with Crippen LogP contribution in [0, 0.1) is 0 Å². The van der Waals surface area contributed by atoms with Gasteiger partial charge in [0.1, 0.15) is 5.75 Å². The van der Waals surface area contributed by atoms with Crippen LogP contribution in [0.3, 0.4) is 0 Å². The van der Waals surface area contributed by atoms with Crippen LogP contribution in [0.5, 0.6) is 10.9 Å². The maximum absolute atomic E-state index is 11.4. The maximum Gasteiger partial charge on any atom is 0.279 e. The van der Waals surface area contributed by atoms with Gasteiger partial charge in [0.25, 0.3) is 5.19 Å². The fourth-order valence-electron chi connectivity index (χ4n) is 4.81. The number of aromatic nitrogens is 1. The van der Waals surface area contributed by atoms with E-state index in [2.05, 4.69) is 33.4 Å². The number of amides is 1. The summed E-state index contributed by atoms with van der Waals surface area (Å²) in [5.74, 6) is 0.909. The molecular formula is C23H25N3O2S. The number of benzene rings is 2. The number of nitrogens with zero attached hydrogens (tertiary/aromatic N) is 2. The molecule has 2 saturated heterocycles. The minimum atomic E-state index is 0.0894. The van der Waals surface area contributed by atoms with E-state index in [1.54, 1.807) is 18.3 Å². The van der Waals surface area contributed by atoms with Gasteiger partial charge in [0, 0.05) is 31.6 Å². The lowest BCUT2D eigenvalue weighted by atomic mass is 9.96. The Bertz CT molecular complexity index is 969. The number of nitrogens with one attached hydrogen (secondary N) is 1. The lowest BCUT2D eigenvalue weighted by Gasteiger charge is -2.39. The molecule has 0 saturated carbocycles. The SMILES string of the molecule is CC(=O)N[C@H]1C[C@H]2CC[C@@H](C1)N2Cc1ccc(Oc2nc3ccccc3s2)cc1. The van der Waals surface area contributed by atoms with Gasteiger partial charge in [-0.1, -0.05) is 35.6 Å². The van der Waals surface area contributed by atoms with Gasteiger partial charge >= 0.3 is 0 Å². The molecule has 0 radical (unpaired) electrons. The van der Waals surface area contributed by atoms with Crippen molar-refractivity contribution in [1.82, 2.24) is 15.2 Å². The minimum Gasteiger partial charge on any atom is -0.431 e. The molecule has 5 nitrogen and oxygen atoms in total. The smallest absolute Gasteiger partial charge is 0.279 e. The van der Waals surface area contributed by atoms with Crippen molar-refractivity contribution in [3.8, 4) is 10.9 Å². The van der Waals surface area contributed by atoms with Crippen LogP contribution in [0.15, 0.2) is 48.5 Å². The summed E-state index contributed by atoms with van der Waals surface area (Å²) in [5.41, 5.74) is 2.28. The van der Waals surface area contributed by atoms with Crippen LogP contribution in [-0.2, 0) is 11.3 Å². The molecule has 1 aromatic heterocycles. The summed E-state index contributed by atoms with van der Waals surface area (Å²) in [6, 6.07) is 17.9. The van der Waals surface area contributed by atoms with Crippen LogP contribution < -0.4 is 10.1 Å². The first kappa shape index (κ1) is 18.6. The number of thiazole rings is 1. The van der Waals surface area contributed by atoms with Crippen molar-refractivity contribution >= 4 is 27.5 Å². The molecular weight excluding hydrogens is 382 g/mol. The molecule has 3 atom stereocenters. The van der Waals surface area contributed by atoms with E-state index < -0.39 is 0 Å². The topological polar surface area (TPSA) is 54.5 Å². The number of ether oxygens (including phenoxy) is 1. The summed E-state index contributed by atoms with van der Waals surface area (Å²) in [7, 11) is 0. The predicted molar refractivity (Wildman–Crippen MR) is 115 cm³/mol. The summed E-state index contributed by atoms with van der Waals surface area (Å²) in [5, 5.41) is 3.80. The summed E-state index contributed by atoms with van der Waals surface area (Å²) in [6.45, 7) is 2.58. The third-order valence-electron chi connectivity index (χ3n) is 6.06. The molecule has 5 rings (SSSR count). The van der Waals surface area contributed by atoms with Crippen LogP contribution in [0.2, 0.25) is 0 Å². The second-order valence-corrected chi connectivity index (χ2v) is 9.11. The van der Waals surface area contributed by atoms with E-state index in [0.717, 1.165) is 35.4 Å². The first-order chi connectivity index (χ1) is 14.1. The fourth-order valence-corrected chi connectivity index (χ4v) is 5.64. The summed E-state index contributed by atoms with van der Waals surface area (Å²) < 4.78 is 7.10. The van der Waals surface area contributed by atoms with Gasteiger partial charge in [0.2, 0.25) is 5.91 Å². The zero-order valence-electron chi connectivity index (χ0n) is 16.5. The molecule has 3 aromatic rings. The number of carbonyl (C=O) groups is 1. The van der Waals surface area contributed by atoms with Crippen molar-refractivity contribution < 1.29 is 9.53 Å². The molecule has 2 aliphatic heterocycles. The second kappa shape index (κ2) is 7.76. The van der Waals surface area contributed by atoms with E-state index in [-0.39, 0.29) is 5.91 Å². The third-order valence-corrected chi connectivity index (χ3v) is 6.97. The Hall–Kier alpha value is -2.44. The van der Waals surface area contributed by atoms with Crippen LogP contribution in [0.4, 0.5) is 0 Å². The first-order valence-corrected chi connectivity index (χ1v) is 11.1. The monoisotopic (exact) mass is 407 g/mol. The average Bonchev–Trinajstić information content (AvgIpc) is 3.20. The Morgan fingerprint density at radius 2 is 1.86 bits per heavy atom. The quantitative estimate of drug-likeness (QED) is 0.665. The van der Waals surface area contributed by atoms with Gasteiger partial charge in [-0.25, -0.2) is 4.98 Å². The highest BCUT2D eigenvalue weighted by Gasteiger charge is 2.40. The zero-order chi connectivity index (χ0) is 19.8. The summed E-state index contributed by atoms with van der Waals surface area (Å²) in [4.78, 5) is 18.6. The van der Waals surface area contributed by atoms with Gasteiger partial charge in [-0.05, 0) is 55.5 Å². The number of hydrogen-bond donors (Lipinski definition) is 1. The Labute approximate surface area is 174 Å². The van der Waals surface area contributed by atoms with Crippen molar-refractivity contribution in [3.05, 3.63) is 54.1 Å². The van der Waals surface area contributed by atoms with Crippen LogP contribution >= 0.6 is 11.3 Å². The molecule has 2 bridgehead atoms. The van der Waals surface area contributed by atoms with Crippen molar-refractivity contribution in [2.75, 3.05) is 0 Å². The maximum atomic E-state index is 11.4. The number of para-hydroxylation sites is 1. The van der Waals surface area contributed by atoms with Crippen molar-refractivity contribution in [2.45, 2.75) is 57.3 Å². The molecule has 29 heavy (non-hydrogen) atoms. The van der Waals surface area contributed by atoms with Gasteiger partial charge in [0.05, 0.1) is 10.2 Å². The van der Waals surface area contributed by atoms with Gasteiger partial charge in [-0.2, -0.15) is 0 Å². The Morgan fingerprint density at radius 1 is 1.14 bits per heavy atom. The number of fused-ring (bicyclic) bond motifs is 3. The van der Waals surface area contributed by atoms with E-state index in [1.165, 1.54) is 18.4 Å². The fraction of sp³-hybridized carbons (Fsp3) is 0.391. The largest absolute Gasteiger partial charge is 0.431 e. The summed E-state index contributed by atoms with van der Waals surface area (Å²) in [6.07, 6.45) is 4.60. The highest BCUT2D eigenvalue weighted by atomic mass is 32.1. The number of hydrogen-bond acceptors (Lipinski definition) is 5. The predicted octanol–water partition coefficient (Wildman–Crippen LogP) is 4.72. The van der Waals surface area contributed by atoms with Crippen molar-refractivity contribution in [2.24, 2.45) is 0 Å². The Kier molecular flexibility index (Phi) is 4.97. The molecule has 2 fully saturated rings. The van der Waals surface area contributed by atoms with Crippen LogP contribution in [0.1, 0.15) is 38.2 Å². The lowest BCUT2D eigenvalue weighted by molar-refractivity contribution is -0.120. The minimum absolute atomic E-state index is 0.0894. The molecule has 2 aliphatic rings. The van der Waals surface area contributed by atoms with Crippen molar-refractivity contribution in [3.63, 3.8) is 0 Å². The van der Waals surface area contributed by atoms with Gasteiger partial charge in [-0.15, -0.1) is 0 Å². The first-order valence-electron chi connectivity index (χ1n) is 10.3. The molecule has 6 heteroatoms. The third kappa shape index (κ3) is 4.00. The molecule has 3 heterocycles. The van der Waals surface area contributed by atoms with E-state index in [0.29, 0.717) is 23.3 Å². The molecule has 150 valence electrons. The average molecular weight is 408 g/mol. The number of carbonyl (C=O) groups excluding carboxylic acids is 1. The van der Waals surface area contributed by atoms with Crippen LogP contribution in [-0.4, -0.2) is 33.9 Å². The Balaban J connectivity index is 1.22. The van der Waals surface area contributed by atoms with E-state index in [1.807, 2.05) is 30.3 Å². The van der Waals surface area contributed by atoms with Crippen LogP contribution in [0.25, 0.3) is 10.2 Å². The lowest BCUT2D eigenvalue weighted by Crippen LogP contribution is -2.49. The summed E-state index contributed by atoms with van der Waals surface area (Å²) >= 11 is 1.57. The van der Waals surface area contributed by atoms with Gasteiger partial charge < -0.3 is 10.1 Å². The van der Waals surface area contributed by atoms with Gasteiger partial charge in [0.15, 0.2) is 0 Å². The van der Waals surface area contributed by atoms with E-state index in [9.17, 15) is 4.79 Å². The molecule has 2 aromatic carbocycles. The standard InChI is InChI=1S/C23H25N3O2S/c1-15(27)24-17-12-18-8-9-19(13-17)26(18)14-16-6-10-20(11-7-16)28-23-25-21-4-2-3-5-22(21)29-23/h2-7,10-11,17-19H,8-9,12-14H2,1H3,(H,24,27)/t17-,18+,19-. The molecule has 1 N–H and O–H groups in total. The normalized spacial score (nSPS) is 24.0. The molecule has 0 spiro atoms. The van der Waals surface area contributed by atoms with E-state index in [4.69, 9.17) is 4.74 Å². The number of rotatable bonds is 5. The van der Waals surface area contributed by atoms with Gasteiger partial charge in [-0.3, -0.25) is 9.69 Å². The zero-order valence-corrected chi connectivity index (χ0v) is 17.3. The highest BCUT2D eigenvalue weighted by Crippen LogP contribution is 2.37. The number of piperidine rings is 1. The molecule has 0 aliphatic carbocycles. The van der Waals surface area contributed by atoms with Crippen molar-refractivity contribution in [1.29, 1.82) is 0 Å². The molecule has 1 amide bonds. The molecule has 0 unspecified atom stereocenters.